The maximum Gasteiger partial charge on any atom is 0.417 e. The molecule has 0 fully saturated rings. The summed E-state index contributed by atoms with van der Waals surface area (Å²) < 4.78 is 10.0. The highest BCUT2D eigenvalue weighted by atomic mass is 16.5. The summed E-state index contributed by atoms with van der Waals surface area (Å²) in [5, 5.41) is 3.36. The lowest BCUT2D eigenvalue weighted by molar-refractivity contribution is 0.196. The van der Waals surface area contributed by atoms with Crippen LogP contribution in [0.25, 0.3) is 11.1 Å². The van der Waals surface area contributed by atoms with E-state index in [0.29, 0.717) is 18.2 Å². The number of hydrogen-bond donors (Lipinski definition) is 2. The Labute approximate surface area is 105 Å². The fraction of sp³-hybridized carbons (Fsp3) is 0.462. The maximum atomic E-state index is 11.0. The van der Waals surface area contributed by atoms with Gasteiger partial charge in [0.25, 0.3) is 0 Å². The Kier molecular flexibility index (Phi) is 4.17. The highest BCUT2D eigenvalue weighted by Crippen LogP contribution is 2.13. The van der Waals surface area contributed by atoms with Crippen molar-refractivity contribution in [3.05, 3.63) is 34.3 Å². The Balaban J connectivity index is 2.00. The van der Waals surface area contributed by atoms with Gasteiger partial charge in [-0.05, 0) is 31.0 Å². The average Bonchev–Trinajstić information content (AvgIpc) is 2.69. The van der Waals surface area contributed by atoms with E-state index in [1.165, 1.54) is 0 Å². The number of rotatable bonds is 6. The normalized spacial score (nSPS) is 13.0. The number of hydrogen-bond acceptors (Lipinski definition) is 4. The third-order valence-electron chi connectivity index (χ3n) is 2.83. The lowest BCUT2D eigenvalue weighted by atomic mass is 10.1. The molecule has 0 aliphatic carbocycles. The van der Waals surface area contributed by atoms with Crippen LogP contribution in [0.3, 0.4) is 0 Å². The van der Waals surface area contributed by atoms with Crippen LogP contribution in [0.15, 0.2) is 27.4 Å². The molecule has 5 nitrogen and oxygen atoms in total. The summed E-state index contributed by atoms with van der Waals surface area (Å²) >= 11 is 0. The average molecular weight is 250 g/mol. The summed E-state index contributed by atoms with van der Waals surface area (Å²) in [6.45, 7) is 3.66. The zero-order valence-electron chi connectivity index (χ0n) is 10.7. The first-order valence-corrected chi connectivity index (χ1v) is 6.03. The molecule has 5 heteroatoms. The van der Waals surface area contributed by atoms with Gasteiger partial charge in [0.05, 0.1) is 12.1 Å². The van der Waals surface area contributed by atoms with Crippen molar-refractivity contribution < 1.29 is 9.15 Å². The van der Waals surface area contributed by atoms with Gasteiger partial charge in [0.15, 0.2) is 5.58 Å². The molecule has 0 spiro atoms. The van der Waals surface area contributed by atoms with E-state index in [-0.39, 0.29) is 0 Å². The predicted molar refractivity (Wildman–Crippen MR) is 69.9 cm³/mol. The van der Waals surface area contributed by atoms with Gasteiger partial charge >= 0.3 is 5.76 Å². The van der Waals surface area contributed by atoms with Crippen molar-refractivity contribution in [1.29, 1.82) is 0 Å². The molecule has 2 N–H and O–H groups in total. The smallest absolute Gasteiger partial charge is 0.408 e. The Morgan fingerprint density at radius 1 is 1.50 bits per heavy atom. The topological polar surface area (TPSA) is 67.3 Å². The van der Waals surface area contributed by atoms with Gasteiger partial charge in [0.2, 0.25) is 0 Å². The van der Waals surface area contributed by atoms with Gasteiger partial charge in [-0.3, -0.25) is 4.98 Å². The second-order valence-electron chi connectivity index (χ2n) is 4.40. The van der Waals surface area contributed by atoms with E-state index < -0.39 is 5.76 Å². The summed E-state index contributed by atoms with van der Waals surface area (Å²) in [6.07, 6.45) is 0.883. The molecule has 1 aromatic carbocycles. The molecular weight excluding hydrogens is 232 g/mol. The van der Waals surface area contributed by atoms with Crippen LogP contribution in [0.1, 0.15) is 12.5 Å². The van der Waals surface area contributed by atoms with E-state index in [4.69, 9.17) is 9.15 Å². The van der Waals surface area contributed by atoms with Gasteiger partial charge in [-0.2, -0.15) is 0 Å². The number of nitrogens with one attached hydrogen (secondary N) is 2. The minimum atomic E-state index is -0.409. The quantitative estimate of drug-likeness (QED) is 0.758. The van der Waals surface area contributed by atoms with Crippen molar-refractivity contribution in [2.24, 2.45) is 0 Å². The number of oxazole rings is 1. The van der Waals surface area contributed by atoms with Crippen LogP contribution in [0.2, 0.25) is 0 Å². The molecule has 98 valence electrons. The third-order valence-corrected chi connectivity index (χ3v) is 2.83. The van der Waals surface area contributed by atoms with Crippen LogP contribution in [0, 0.1) is 0 Å². The molecule has 0 aliphatic rings. The van der Waals surface area contributed by atoms with Crippen LogP contribution in [0.4, 0.5) is 0 Å². The molecule has 0 bridgehead atoms. The maximum absolute atomic E-state index is 11.0. The van der Waals surface area contributed by atoms with Gasteiger partial charge < -0.3 is 14.5 Å². The van der Waals surface area contributed by atoms with E-state index in [1.807, 2.05) is 18.2 Å². The first-order chi connectivity index (χ1) is 8.69. The fourth-order valence-corrected chi connectivity index (χ4v) is 1.95. The summed E-state index contributed by atoms with van der Waals surface area (Å²) in [4.78, 5) is 13.7. The number of H-pyrrole nitrogens is 1. The van der Waals surface area contributed by atoms with Gasteiger partial charge in [0, 0.05) is 19.7 Å². The molecule has 2 aromatic rings. The number of ether oxygens (including phenoxy) is 1. The molecule has 1 atom stereocenters. The molecule has 1 unspecified atom stereocenters. The SMILES string of the molecule is COCCNC(C)Cc1ccc2[nH]c(=O)oc2c1. The lowest BCUT2D eigenvalue weighted by Crippen LogP contribution is -2.30. The molecule has 2 rings (SSSR count). The van der Waals surface area contributed by atoms with Crippen molar-refractivity contribution in [2.75, 3.05) is 20.3 Å². The van der Waals surface area contributed by atoms with E-state index >= 15 is 0 Å². The standard InChI is InChI=1S/C13H18N2O3/c1-9(14-5-6-17-2)7-10-3-4-11-12(8-10)18-13(16)15-11/h3-4,8-9,14H,5-7H2,1-2H3,(H,15,16). The number of aromatic amines is 1. The summed E-state index contributed by atoms with van der Waals surface area (Å²) in [6, 6.07) is 6.13. The van der Waals surface area contributed by atoms with E-state index in [2.05, 4.69) is 17.2 Å². The van der Waals surface area contributed by atoms with Crippen molar-refractivity contribution in [3.63, 3.8) is 0 Å². The molecule has 0 saturated carbocycles. The van der Waals surface area contributed by atoms with Crippen LogP contribution in [0.5, 0.6) is 0 Å². The largest absolute Gasteiger partial charge is 0.417 e. The summed E-state index contributed by atoms with van der Waals surface area (Å²) in [5.41, 5.74) is 2.49. The van der Waals surface area contributed by atoms with E-state index in [0.717, 1.165) is 24.0 Å². The van der Waals surface area contributed by atoms with Crippen molar-refractivity contribution in [1.82, 2.24) is 10.3 Å². The summed E-state index contributed by atoms with van der Waals surface area (Å²) in [5.74, 6) is -0.409. The number of methoxy groups -OCH3 is 1. The summed E-state index contributed by atoms with van der Waals surface area (Å²) in [7, 11) is 1.69. The molecule has 1 aromatic heterocycles. The van der Waals surface area contributed by atoms with E-state index in [9.17, 15) is 4.79 Å². The molecular formula is C13H18N2O3. The Hall–Kier alpha value is -1.59. The second-order valence-corrected chi connectivity index (χ2v) is 4.40. The van der Waals surface area contributed by atoms with Crippen molar-refractivity contribution in [3.8, 4) is 0 Å². The Morgan fingerprint density at radius 3 is 3.11 bits per heavy atom. The molecule has 0 radical (unpaired) electrons. The third kappa shape index (κ3) is 3.21. The monoisotopic (exact) mass is 250 g/mol. The highest BCUT2D eigenvalue weighted by molar-refractivity contribution is 5.72. The predicted octanol–water partition coefficient (Wildman–Crippen LogP) is 1.29. The van der Waals surface area contributed by atoms with Crippen LogP contribution in [-0.2, 0) is 11.2 Å². The minimum absolute atomic E-state index is 0.350. The number of fused-ring (bicyclic) bond motifs is 1. The molecule has 0 amide bonds. The Bertz CT molecular complexity index is 559. The van der Waals surface area contributed by atoms with Crippen molar-refractivity contribution >= 4 is 11.1 Å². The van der Waals surface area contributed by atoms with Gasteiger partial charge in [-0.25, -0.2) is 4.79 Å². The molecule has 1 heterocycles. The van der Waals surface area contributed by atoms with Gasteiger partial charge in [-0.1, -0.05) is 6.07 Å². The zero-order chi connectivity index (χ0) is 13.0. The lowest BCUT2D eigenvalue weighted by Gasteiger charge is -2.13. The van der Waals surface area contributed by atoms with Gasteiger partial charge in [0.1, 0.15) is 0 Å². The highest BCUT2D eigenvalue weighted by Gasteiger charge is 2.06. The molecule has 0 saturated heterocycles. The van der Waals surface area contributed by atoms with Crippen molar-refractivity contribution in [2.45, 2.75) is 19.4 Å². The number of benzene rings is 1. The first-order valence-electron chi connectivity index (χ1n) is 6.03. The van der Waals surface area contributed by atoms with Crippen LogP contribution < -0.4 is 11.1 Å². The molecule has 18 heavy (non-hydrogen) atoms. The fourth-order valence-electron chi connectivity index (χ4n) is 1.95. The Morgan fingerprint density at radius 2 is 2.33 bits per heavy atom. The molecule has 0 aliphatic heterocycles. The van der Waals surface area contributed by atoms with Gasteiger partial charge in [-0.15, -0.1) is 0 Å². The minimum Gasteiger partial charge on any atom is -0.408 e. The zero-order valence-corrected chi connectivity index (χ0v) is 10.7. The number of aromatic nitrogens is 1. The second kappa shape index (κ2) is 5.84. The van der Waals surface area contributed by atoms with Crippen LogP contribution >= 0.6 is 0 Å². The first kappa shape index (κ1) is 12.9. The van der Waals surface area contributed by atoms with E-state index in [1.54, 1.807) is 7.11 Å². The van der Waals surface area contributed by atoms with Crippen LogP contribution in [-0.4, -0.2) is 31.3 Å².